The van der Waals surface area contributed by atoms with Gasteiger partial charge in [-0.2, -0.15) is 4.98 Å². The highest BCUT2D eigenvalue weighted by atomic mass is 31.2. The molecule has 0 aliphatic carbocycles. The number of para-hydroxylation sites is 1. The zero-order chi connectivity index (χ0) is 30.3. The number of nitrogens with zero attached hydrogens (tertiary/aromatic N) is 3. The minimum absolute atomic E-state index is 0.0358. The van der Waals surface area contributed by atoms with Gasteiger partial charge in [-0.05, 0) is 32.9 Å². The average Bonchev–Trinajstić information content (AvgIpc) is 3.57. The van der Waals surface area contributed by atoms with E-state index in [1.807, 2.05) is 0 Å². The number of nitrogens with one attached hydrogen (secondary N) is 2. The molecule has 6 atom stereocenters. The Morgan fingerprint density at radius 2 is 2.02 bits per heavy atom. The normalized spacial score (nSPS) is 26.9. The molecule has 0 amide bonds. The topological polar surface area (TPSA) is 191 Å². The molecule has 42 heavy (non-hydrogen) atoms. The fourth-order valence-corrected chi connectivity index (χ4v) is 6.18. The van der Waals surface area contributed by atoms with E-state index in [1.165, 1.54) is 10.9 Å². The predicted octanol–water partition coefficient (Wildman–Crippen LogP) is 2.55. The number of rotatable bonds is 11. The van der Waals surface area contributed by atoms with Crippen molar-refractivity contribution in [2.75, 3.05) is 18.9 Å². The lowest BCUT2D eigenvalue weighted by Crippen LogP contribution is -2.44. The van der Waals surface area contributed by atoms with Crippen molar-refractivity contribution < 1.29 is 41.7 Å². The third-order valence-electron chi connectivity index (χ3n) is 6.44. The number of anilines is 1. The van der Waals surface area contributed by atoms with Gasteiger partial charge < -0.3 is 29.2 Å². The van der Waals surface area contributed by atoms with E-state index in [4.69, 9.17) is 33.7 Å². The standard InChI is InChI=1S/C25H32FN6O9P/c1-5-16(33)36-11-14(2)31-42(35,41-15-9-7-6-8-10-15)37-12-25(26)19-18(38-24(3,4)39-19)22(40-25)32-13-28-17-20(32)29-23(27)30-21(17)34/h6-10,13-14,18-19,22H,5,11-12H2,1-4H3,(H,31,35)(H3,27,29,30,34)/t14-,18-,19?,22+,25+,42?/m0/s1. The first-order valence-electron chi connectivity index (χ1n) is 13.2. The fraction of sp³-hybridized carbons (Fsp3) is 0.520. The van der Waals surface area contributed by atoms with E-state index in [1.54, 1.807) is 58.0 Å². The zero-order valence-electron chi connectivity index (χ0n) is 23.3. The highest BCUT2D eigenvalue weighted by molar-refractivity contribution is 7.52. The van der Waals surface area contributed by atoms with Gasteiger partial charge in [0.1, 0.15) is 25.1 Å². The van der Waals surface area contributed by atoms with E-state index in [9.17, 15) is 14.2 Å². The summed E-state index contributed by atoms with van der Waals surface area (Å²) in [6, 6.07) is 7.44. The van der Waals surface area contributed by atoms with Crippen molar-refractivity contribution in [3.63, 3.8) is 0 Å². The quantitative estimate of drug-likeness (QED) is 0.212. The summed E-state index contributed by atoms with van der Waals surface area (Å²) < 4.78 is 66.0. The van der Waals surface area contributed by atoms with Gasteiger partial charge in [0, 0.05) is 12.5 Å². The largest absolute Gasteiger partial charge is 0.464 e. The third-order valence-corrected chi connectivity index (χ3v) is 8.12. The number of nitrogens with two attached hydrogens (primary N) is 1. The van der Waals surface area contributed by atoms with Gasteiger partial charge in [0.2, 0.25) is 5.95 Å². The number of imidazole rings is 1. The molecule has 0 saturated carbocycles. The van der Waals surface area contributed by atoms with E-state index >= 15 is 4.39 Å². The molecular formula is C25H32FN6O9P. The second-order valence-electron chi connectivity index (χ2n) is 10.3. The maximum absolute atomic E-state index is 16.7. The minimum atomic E-state index is -4.31. The summed E-state index contributed by atoms with van der Waals surface area (Å²) in [5, 5.41) is 2.68. The Balaban J connectivity index is 1.41. The van der Waals surface area contributed by atoms with Crippen LogP contribution in [0.4, 0.5) is 10.3 Å². The monoisotopic (exact) mass is 610 g/mol. The molecule has 0 bridgehead atoms. The highest BCUT2D eigenvalue weighted by Crippen LogP contribution is 2.52. The maximum atomic E-state index is 16.7. The number of benzene rings is 1. The zero-order valence-corrected chi connectivity index (χ0v) is 24.2. The number of ether oxygens (including phenoxy) is 4. The number of carbonyl (C=O) groups excluding carboxylic acids is 1. The van der Waals surface area contributed by atoms with Crippen LogP contribution in [0.3, 0.4) is 0 Å². The Kier molecular flexibility index (Phi) is 8.13. The van der Waals surface area contributed by atoms with Crippen molar-refractivity contribution in [2.24, 2.45) is 0 Å². The number of aromatic nitrogens is 4. The molecule has 4 heterocycles. The van der Waals surface area contributed by atoms with Crippen LogP contribution in [0.2, 0.25) is 0 Å². The van der Waals surface area contributed by atoms with Crippen molar-refractivity contribution in [2.45, 2.75) is 70.2 Å². The Morgan fingerprint density at radius 1 is 1.29 bits per heavy atom. The second kappa shape index (κ2) is 11.4. The van der Waals surface area contributed by atoms with Crippen LogP contribution in [-0.4, -0.2) is 68.6 Å². The number of aromatic amines is 1. The Morgan fingerprint density at radius 3 is 2.74 bits per heavy atom. The molecule has 2 unspecified atom stereocenters. The number of nitrogen functional groups attached to an aromatic ring is 1. The van der Waals surface area contributed by atoms with Crippen molar-refractivity contribution in [1.29, 1.82) is 0 Å². The predicted molar refractivity (Wildman–Crippen MR) is 145 cm³/mol. The number of halogens is 1. The van der Waals surface area contributed by atoms with E-state index in [-0.39, 0.29) is 35.9 Å². The van der Waals surface area contributed by atoms with Crippen molar-refractivity contribution in [1.82, 2.24) is 24.6 Å². The lowest BCUT2D eigenvalue weighted by molar-refractivity contribution is -0.262. The second-order valence-corrected chi connectivity index (χ2v) is 12.0. The summed E-state index contributed by atoms with van der Waals surface area (Å²) >= 11 is 0. The number of carbonyl (C=O) groups is 1. The van der Waals surface area contributed by atoms with Crippen molar-refractivity contribution in [3.8, 4) is 5.75 Å². The van der Waals surface area contributed by atoms with Crippen LogP contribution in [0, 0.1) is 0 Å². The third kappa shape index (κ3) is 6.19. The molecule has 2 aliphatic rings. The summed E-state index contributed by atoms with van der Waals surface area (Å²) in [5.74, 6) is -4.39. The molecular weight excluding hydrogens is 578 g/mol. The molecule has 2 aliphatic heterocycles. The number of alkyl halides is 1. The number of hydrogen-bond acceptors (Lipinski definition) is 12. The smallest absolute Gasteiger partial charge is 0.459 e. The molecule has 2 saturated heterocycles. The molecule has 2 aromatic heterocycles. The van der Waals surface area contributed by atoms with Gasteiger partial charge in [-0.1, -0.05) is 25.1 Å². The summed E-state index contributed by atoms with van der Waals surface area (Å²) in [6.45, 7) is 5.36. The minimum Gasteiger partial charge on any atom is -0.464 e. The lowest BCUT2D eigenvalue weighted by Gasteiger charge is -2.30. The number of esters is 1. The molecule has 4 N–H and O–H groups in total. The van der Waals surface area contributed by atoms with Gasteiger partial charge in [0.25, 0.3) is 11.4 Å². The number of fused-ring (bicyclic) bond motifs is 2. The lowest BCUT2D eigenvalue weighted by atomic mass is 10.1. The SMILES string of the molecule is CCC(=O)OC[C@H](C)NP(=O)(OC[C@@]1(F)O[C@@H](n2cnc3c(=O)[nH]c(N)nc32)[C@H]2OC(C)(C)OC21)Oc1ccccc1. The Bertz CT molecular complexity index is 1550. The summed E-state index contributed by atoms with van der Waals surface area (Å²) in [6.07, 6.45) is -2.22. The fourth-order valence-electron chi connectivity index (χ4n) is 4.64. The van der Waals surface area contributed by atoms with Crippen molar-refractivity contribution >= 4 is 30.8 Å². The molecule has 2 fully saturated rings. The molecule has 1 aromatic carbocycles. The first kappa shape index (κ1) is 30.1. The van der Waals surface area contributed by atoms with Crippen molar-refractivity contribution in [3.05, 3.63) is 47.0 Å². The van der Waals surface area contributed by atoms with E-state index in [0.29, 0.717) is 0 Å². The van der Waals surface area contributed by atoms with Crippen LogP contribution in [0.25, 0.3) is 11.2 Å². The Labute approximate surface area is 239 Å². The summed E-state index contributed by atoms with van der Waals surface area (Å²) in [7, 11) is -4.31. The van der Waals surface area contributed by atoms with Crippen LogP contribution in [0.15, 0.2) is 41.5 Å². The number of hydrogen-bond donors (Lipinski definition) is 3. The molecule has 3 aromatic rings. The van der Waals surface area contributed by atoms with Gasteiger partial charge in [-0.3, -0.25) is 23.7 Å². The van der Waals surface area contributed by atoms with Gasteiger partial charge in [-0.15, -0.1) is 0 Å². The van der Waals surface area contributed by atoms with Gasteiger partial charge in [0.05, 0.1) is 6.33 Å². The van der Waals surface area contributed by atoms with Gasteiger partial charge in [0.15, 0.2) is 29.3 Å². The van der Waals surface area contributed by atoms with Gasteiger partial charge in [-0.25, -0.2) is 19.0 Å². The van der Waals surface area contributed by atoms with Crippen LogP contribution < -0.4 is 20.9 Å². The first-order chi connectivity index (χ1) is 19.8. The van der Waals surface area contributed by atoms with Crippen LogP contribution >= 0.6 is 7.75 Å². The first-order valence-corrected chi connectivity index (χ1v) is 14.7. The van der Waals surface area contributed by atoms with E-state index < -0.39 is 62.0 Å². The molecule has 0 spiro atoms. The molecule has 0 radical (unpaired) electrons. The summed E-state index contributed by atoms with van der Waals surface area (Å²) in [5.41, 5.74) is 5.12. The molecule has 15 nitrogen and oxygen atoms in total. The molecule has 17 heteroatoms. The van der Waals surface area contributed by atoms with E-state index in [2.05, 4.69) is 20.0 Å². The number of H-pyrrole nitrogens is 1. The Hall–Kier alpha value is -3.40. The average molecular weight is 611 g/mol. The van der Waals surface area contributed by atoms with Crippen LogP contribution in [0.1, 0.15) is 40.3 Å². The maximum Gasteiger partial charge on any atom is 0.459 e. The van der Waals surface area contributed by atoms with Gasteiger partial charge >= 0.3 is 13.7 Å². The van der Waals surface area contributed by atoms with E-state index in [0.717, 1.165) is 0 Å². The van der Waals surface area contributed by atoms with Crippen LogP contribution in [-0.2, 0) is 32.8 Å². The van der Waals surface area contributed by atoms with Crippen LogP contribution in [0.5, 0.6) is 5.75 Å². The molecule has 228 valence electrons. The summed E-state index contributed by atoms with van der Waals surface area (Å²) in [4.78, 5) is 34.5. The highest BCUT2D eigenvalue weighted by Gasteiger charge is 2.65. The molecule has 5 rings (SSSR count).